The smallest absolute Gasteiger partial charge is 0.261 e. The van der Waals surface area contributed by atoms with Crippen LogP contribution in [0.25, 0.3) is 0 Å². The van der Waals surface area contributed by atoms with Gasteiger partial charge in [-0.3, -0.25) is 9.78 Å². The molecule has 6 atom stereocenters. The molecule has 4 aliphatic rings. The third kappa shape index (κ3) is 4.11. The van der Waals surface area contributed by atoms with Crippen LogP contribution in [0.3, 0.4) is 0 Å². The molecule has 0 radical (unpaired) electrons. The summed E-state index contributed by atoms with van der Waals surface area (Å²) in [5.74, 6) is 1.93. The van der Waals surface area contributed by atoms with Gasteiger partial charge in [-0.1, -0.05) is 30.6 Å². The van der Waals surface area contributed by atoms with Crippen LogP contribution in [0.2, 0.25) is 0 Å². The molecule has 33 heavy (non-hydrogen) atoms. The van der Waals surface area contributed by atoms with Gasteiger partial charge >= 0.3 is 0 Å². The van der Waals surface area contributed by atoms with Crippen LogP contribution in [0.5, 0.6) is 0 Å². The monoisotopic (exact) mass is 451 g/mol. The summed E-state index contributed by atoms with van der Waals surface area (Å²) in [5.41, 5.74) is 3.65. The number of nitrogens with zero attached hydrogens (tertiary/aromatic N) is 2. The van der Waals surface area contributed by atoms with E-state index in [1.54, 1.807) is 6.20 Å². The number of aliphatic hydroxyl groups is 1. The van der Waals surface area contributed by atoms with Crippen molar-refractivity contribution < 1.29 is 14.7 Å². The number of allylic oxidation sites excluding steroid dienone is 2. The summed E-state index contributed by atoms with van der Waals surface area (Å²) in [6.45, 7) is 5.12. The summed E-state index contributed by atoms with van der Waals surface area (Å²) in [5, 5.41) is 17.8. The molecule has 178 valence electrons. The first-order chi connectivity index (χ1) is 15.9. The maximum atomic E-state index is 12.1. The number of hydrogen-bond acceptors (Lipinski definition) is 5. The topological polar surface area (TPSA) is 83.8 Å². The van der Waals surface area contributed by atoms with Crippen LogP contribution in [-0.4, -0.2) is 34.4 Å². The van der Waals surface area contributed by atoms with Gasteiger partial charge in [0.1, 0.15) is 0 Å². The molecule has 1 heterocycles. The predicted octanol–water partition coefficient (Wildman–Crippen LogP) is 4.39. The van der Waals surface area contributed by atoms with E-state index in [-0.39, 0.29) is 29.4 Å². The van der Waals surface area contributed by atoms with Gasteiger partial charge in [0.15, 0.2) is 6.61 Å². The van der Waals surface area contributed by atoms with E-state index in [2.05, 4.69) is 35.4 Å². The molecular formula is C27H37N3O3. The number of aliphatic hydroxyl groups excluding tert-OH is 1. The molecule has 0 saturated heterocycles. The van der Waals surface area contributed by atoms with E-state index in [4.69, 9.17) is 4.84 Å². The van der Waals surface area contributed by atoms with Gasteiger partial charge in [0.2, 0.25) is 0 Å². The van der Waals surface area contributed by atoms with Crippen LogP contribution in [0.15, 0.2) is 41.2 Å². The minimum atomic E-state index is -0.192. The van der Waals surface area contributed by atoms with Gasteiger partial charge in [-0.15, -0.1) is 0 Å². The standard InChI is InChI=1S/C27H37N3O3/c1-26-12-10-19(30-33-17-25(32)29-16-20-5-3-4-14-28-20)15-18(26)6-7-21-22-8-9-24(31)27(22,2)13-11-23(21)26/h3-5,14-15,21-24,31H,6-13,16-17H2,1-2H3,(H,29,32)/t21-,22-,23-,24-,26+,27+/m1/s1. The van der Waals surface area contributed by atoms with Crippen LogP contribution in [0.4, 0.5) is 0 Å². The lowest BCUT2D eigenvalue weighted by Crippen LogP contribution is -2.51. The number of hydrogen-bond donors (Lipinski definition) is 2. The van der Waals surface area contributed by atoms with Gasteiger partial charge in [0.25, 0.3) is 5.91 Å². The highest BCUT2D eigenvalue weighted by molar-refractivity contribution is 5.96. The molecule has 3 fully saturated rings. The van der Waals surface area contributed by atoms with E-state index in [0.29, 0.717) is 18.4 Å². The number of rotatable bonds is 5. The number of nitrogens with one attached hydrogen (secondary N) is 1. The van der Waals surface area contributed by atoms with Crippen molar-refractivity contribution in [2.24, 2.45) is 33.7 Å². The highest BCUT2D eigenvalue weighted by Crippen LogP contribution is 2.65. The second-order valence-electron chi connectivity index (χ2n) is 11.1. The number of pyridine rings is 1. The number of amides is 1. The fourth-order valence-electron chi connectivity index (χ4n) is 7.53. The molecule has 4 aliphatic carbocycles. The van der Waals surface area contributed by atoms with E-state index < -0.39 is 0 Å². The van der Waals surface area contributed by atoms with Crippen LogP contribution in [-0.2, 0) is 16.2 Å². The second kappa shape index (κ2) is 8.86. The average Bonchev–Trinajstić information content (AvgIpc) is 3.13. The van der Waals surface area contributed by atoms with Gasteiger partial charge in [-0.2, -0.15) is 0 Å². The first kappa shape index (κ1) is 22.6. The summed E-state index contributed by atoms with van der Waals surface area (Å²) in [4.78, 5) is 21.7. The molecule has 1 aromatic heterocycles. The average molecular weight is 452 g/mol. The molecule has 5 rings (SSSR count). The summed E-state index contributed by atoms with van der Waals surface area (Å²) < 4.78 is 0. The molecule has 0 aliphatic heterocycles. The van der Waals surface area contributed by atoms with Gasteiger partial charge in [-0.05, 0) is 98.2 Å². The lowest BCUT2D eigenvalue weighted by Gasteiger charge is -2.57. The Morgan fingerprint density at radius 1 is 1.18 bits per heavy atom. The Labute approximate surface area is 196 Å². The number of fused-ring (bicyclic) bond motifs is 5. The Bertz CT molecular complexity index is 945. The van der Waals surface area contributed by atoms with Gasteiger partial charge in [-0.25, -0.2) is 0 Å². The second-order valence-corrected chi connectivity index (χ2v) is 11.1. The van der Waals surface area contributed by atoms with Crippen molar-refractivity contribution in [3.63, 3.8) is 0 Å². The molecule has 6 heteroatoms. The Kier molecular flexibility index (Phi) is 6.06. The van der Waals surface area contributed by atoms with Crippen molar-refractivity contribution in [3.8, 4) is 0 Å². The van der Waals surface area contributed by atoms with E-state index in [1.165, 1.54) is 24.8 Å². The third-order valence-electron chi connectivity index (χ3n) is 9.50. The first-order valence-electron chi connectivity index (χ1n) is 12.6. The molecule has 2 N–H and O–H groups in total. The van der Waals surface area contributed by atoms with E-state index in [9.17, 15) is 9.90 Å². The molecule has 6 nitrogen and oxygen atoms in total. The van der Waals surface area contributed by atoms with Crippen molar-refractivity contribution in [2.75, 3.05) is 6.61 Å². The zero-order chi connectivity index (χ0) is 23.1. The molecule has 0 spiro atoms. The SMILES string of the molecule is C[C@]12CC[C@@H]3[C@H](CCC4=CC(=NOCC(=O)NCc5ccccn5)CC[C@@]43C)[C@H]1CC[C@H]2O. The van der Waals surface area contributed by atoms with Crippen LogP contribution in [0, 0.1) is 28.6 Å². The van der Waals surface area contributed by atoms with Crippen LogP contribution in [0.1, 0.15) is 70.9 Å². The van der Waals surface area contributed by atoms with Gasteiger partial charge in [0, 0.05) is 6.20 Å². The summed E-state index contributed by atoms with van der Waals surface area (Å²) in [7, 11) is 0. The fraction of sp³-hybridized carbons (Fsp3) is 0.667. The van der Waals surface area contributed by atoms with Crippen molar-refractivity contribution in [2.45, 2.75) is 77.9 Å². The maximum absolute atomic E-state index is 12.1. The first-order valence-corrected chi connectivity index (χ1v) is 12.6. The minimum Gasteiger partial charge on any atom is -0.393 e. The molecular weight excluding hydrogens is 414 g/mol. The zero-order valence-corrected chi connectivity index (χ0v) is 19.9. The Balaban J connectivity index is 1.19. The van der Waals surface area contributed by atoms with Gasteiger partial charge in [0.05, 0.1) is 24.1 Å². The molecule has 0 bridgehead atoms. The highest BCUT2D eigenvalue weighted by atomic mass is 16.6. The molecule has 0 unspecified atom stereocenters. The highest BCUT2D eigenvalue weighted by Gasteiger charge is 2.58. The quantitative estimate of drug-likeness (QED) is 0.650. The molecule has 3 saturated carbocycles. The number of carbonyl (C=O) groups is 1. The molecule has 0 aromatic carbocycles. The van der Waals surface area contributed by atoms with Crippen molar-refractivity contribution in [1.82, 2.24) is 10.3 Å². The van der Waals surface area contributed by atoms with Crippen molar-refractivity contribution in [1.29, 1.82) is 0 Å². The Morgan fingerprint density at radius 3 is 2.88 bits per heavy atom. The predicted molar refractivity (Wildman–Crippen MR) is 127 cm³/mol. The van der Waals surface area contributed by atoms with Crippen molar-refractivity contribution >= 4 is 11.6 Å². The lowest BCUT2D eigenvalue weighted by molar-refractivity contribution is -0.125. The lowest BCUT2D eigenvalue weighted by atomic mass is 9.47. The van der Waals surface area contributed by atoms with E-state index >= 15 is 0 Å². The van der Waals surface area contributed by atoms with Crippen LogP contribution >= 0.6 is 0 Å². The minimum absolute atomic E-state index is 0.0793. The Hall–Kier alpha value is -2.21. The van der Waals surface area contributed by atoms with E-state index in [1.807, 2.05) is 18.2 Å². The molecule has 1 aromatic rings. The van der Waals surface area contributed by atoms with Gasteiger partial charge < -0.3 is 15.3 Å². The fourth-order valence-corrected chi connectivity index (χ4v) is 7.53. The third-order valence-corrected chi connectivity index (χ3v) is 9.50. The van der Waals surface area contributed by atoms with E-state index in [0.717, 1.165) is 49.4 Å². The number of carbonyl (C=O) groups excluding carboxylic acids is 1. The summed E-state index contributed by atoms with van der Waals surface area (Å²) in [6.07, 6.45) is 12.7. The number of oxime groups is 1. The number of aromatic nitrogens is 1. The maximum Gasteiger partial charge on any atom is 0.261 e. The van der Waals surface area contributed by atoms with Crippen LogP contribution < -0.4 is 5.32 Å². The Morgan fingerprint density at radius 2 is 2.06 bits per heavy atom. The summed E-state index contributed by atoms with van der Waals surface area (Å²) >= 11 is 0. The normalized spacial score (nSPS) is 38.6. The van der Waals surface area contributed by atoms with Crippen molar-refractivity contribution in [3.05, 3.63) is 41.7 Å². The summed E-state index contributed by atoms with van der Waals surface area (Å²) in [6, 6.07) is 5.63. The zero-order valence-electron chi connectivity index (χ0n) is 19.9. The largest absolute Gasteiger partial charge is 0.393 e. The molecule has 1 amide bonds.